The Labute approximate surface area is 148 Å². The monoisotopic (exact) mass is 345 g/mol. The molecule has 1 saturated heterocycles. The van der Waals surface area contributed by atoms with Gasteiger partial charge in [-0.2, -0.15) is 5.10 Å². The first kappa shape index (κ1) is 17.4. The quantitative estimate of drug-likeness (QED) is 0.852. The SMILES string of the molecule is CCCCNC(=O)N1CCN(c2nc(C)nc3c(C)nn(C)c23)CC1. The largest absolute Gasteiger partial charge is 0.351 e. The van der Waals surface area contributed by atoms with Gasteiger partial charge in [0.2, 0.25) is 0 Å². The van der Waals surface area contributed by atoms with E-state index in [0.29, 0.717) is 13.1 Å². The molecule has 1 aliphatic heterocycles. The molecular formula is C17H27N7O. The molecule has 0 radical (unpaired) electrons. The lowest BCUT2D eigenvalue weighted by Gasteiger charge is -2.35. The Morgan fingerprint density at radius 2 is 1.88 bits per heavy atom. The van der Waals surface area contributed by atoms with Gasteiger partial charge >= 0.3 is 6.03 Å². The van der Waals surface area contributed by atoms with Crippen molar-refractivity contribution in [3.63, 3.8) is 0 Å². The van der Waals surface area contributed by atoms with Gasteiger partial charge in [0.25, 0.3) is 0 Å². The van der Waals surface area contributed by atoms with Crippen LogP contribution in [0.5, 0.6) is 0 Å². The normalized spacial score (nSPS) is 15.0. The molecule has 0 aromatic carbocycles. The van der Waals surface area contributed by atoms with Crippen LogP contribution in [0.3, 0.4) is 0 Å². The van der Waals surface area contributed by atoms with Gasteiger partial charge in [-0.1, -0.05) is 13.3 Å². The second-order valence-electron chi connectivity index (χ2n) is 6.56. The first-order valence-electron chi connectivity index (χ1n) is 8.97. The van der Waals surface area contributed by atoms with Crippen LogP contribution in [0.2, 0.25) is 0 Å². The van der Waals surface area contributed by atoms with Gasteiger partial charge in [-0.3, -0.25) is 4.68 Å². The highest BCUT2D eigenvalue weighted by Crippen LogP contribution is 2.26. The number of carbonyl (C=O) groups excluding carboxylic acids is 1. The van der Waals surface area contributed by atoms with Crippen molar-refractivity contribution in [3.8, 4) is 0 Å². The number of fused-ring (bicyclic) bond motifs is 1. The summed E-state index contributed by atoms with van der Waals surface area (Å²) in [6.07, 6.45) is 2.10. The zero-order valence-corrected chi connectivity index (χ0v) is 15.5. The van der Waals surface area contributed by atoms with Gasteiger partial charge in [0.05, 0.1) is 5.69 Å². The second kappa shape index (κ2) is 7.25. The Bertz CT molecular complexity index is 762. The molecule has 1 N–H and O–H groups in total. The van der Waals surface area contributed by atoms with Gasteiger partial charge < -0.3 is 15.1 Å². The topological polar surface area (TPSA) is 79.2 Å². The minimum absolute atomic E-state index is 0.0356. The van der Waals surface area contributed by atoms with Gasteiger partial charge in [0, 0.05) is 39.8 Å². The van der Waals surface area contributed by atoms with E-state index in [1.165, 1.54) is 0 Å². The summed E-state index contributed by atoms with van der Waals surface area (Å²) in [6, 6.07) is 0.0356. The number of carbonyl (C=O) groups is 1. The minimum atomic E-state index is 0.0356. The van der Waals surface area contributed by atoms with E-state index in [1.807, 2.05) is 30.5 Å². The molecule has 0 unspecified atom stereocenters. The fraction of sp³-hybridized carbons (Fsp3) is 0.647. The predicted molar refractivity (Wildman–Crippen MR) is 97.9 cm³/mol. The zero-order chi connectivity index (χ0) is 18.0. The van der Waals surface area contributed by atoms with Crippen molar-refractivity contribution < 1.29 is 4.79 Å². The van der Waals surface area contributed by atoms with Crippen LogP contribution < -0.4 is 10.2 Å². The fourth-order valence-corrected chi connectivity index (χ4v) is 3.25. The highest BCUT2D eigenvalue weighted by molar-refractivity contribution is 5.88. The molecule has 3 rings (SSSR count). The van der Waals surface area contributed by atoms with Crippen LogP contribution in [0.1, 0.15) is 31.3 Å². The Balaban J connectivity index is 1.73. The van der Waals surface area contributed by atoms with Crippen molar-refractivity contribution in [2.24, 2.45) is 7.05 Å². The van der Waals surface area contributed by atoms with E-state index in [1.54, 1.807) is 0 Å². The van der Waals surface area contributed by atoms with Crippen LogP contribution in [0.25, 0.3) is 11.0 Å². The van der Waals surface area contributed by atoms with Gasteiger partial charge in [0.15, 0.2) is 5.82 Å². The maximum Gasteiger partial charge on any atom is 0.317 e. The third kappa shape index (κ3) is 3.52. The lowest BCUT2D eigenvalue weighted by Crippen LogP contribution is -2.52. The summed E-state index contributed by atoms with van der Waals surface area (Å²) in [4.78, 5) is 25.5. The number of unbranched alkanes of at least 4 members (excludes halogenated alkanes) is 1. The number of aryl methyl sites for hydroxylation is 3. The van der Waals surface area contributed by atoms with E-state index in [-0.39, 0.29) is 6.03 Å². The summed E-state index contributed by atoms with van der Waals surface area (Å²) < 4.78 is 1.85. The summed E-state index contributed by atoms with van der Waals surface area (Å²) in [5.41, 5.74) is 2.78. The van der Waals surface area contributed by atoms with Gasteiger partial charge in [0.1, 0.15) is 16.9 Å². The van der Waals surface area contributed by atoms with Crippen LogP contribution in [0.4, 0.5) is 10.6 Å². The predicted octanol–water partition coefficient (Wildman–Crippen LogP) is 1.61. The van der Waals surface area contributed by atoms with Gasteiger partial charge in [-0.25, -0.2) is 14.8 Å². The summed E-state index contributed by atoms with van der Waals surface area (Å²) in [5, 5.41) is 7.47. The highest BCUT2D eigenvalue weighted by atomic mass is 16.2. The van der Waals surface area contributed by atoms with E-state index in [0.717, 1.165) is 60.8 Å². The average Bonchev–Trinajstić information content (AvgIpc) is 2.88. The second-order valence-corrected chi connectivity index (χ2v) is 6.56. The number of urea groups is 1. The average molecular weight is 345 g/mol. The number of nitrogens with one attached hydrogen (secondary N) is 1. The summed E-state index contributed by atoms with van der Waals surface area (Å²) >= 11 is 0. The Morgan fingerprint density at radius 3 is 2.56 bits per heavy atom. The number of hydrogen-bond donors (Lipinski definition) is 1. The standard InChI is InChI=1S/C17H27N7O/c1-5-6-7-18-17(25)24-10-8-23(9-11-24)16-15-14(19-13(3)20-16)12(2)21-22(15)4/h5-11H2,1-4H3,(H,18,25). The van der Waals surface area contributed by atoms with E-state index >= 15 is 0 Å². The molecule has 8 nitrogen and oxygen atoms in total. The maximum atomic E-state index is 12.2. The molecule has 136 valence electrons. The molecule has 0 aliphatic carbocycles. The number of aromatic nitrogens is 4. The maximum absolute atomic E-state index is 12.2. The minimum Gasteiger partial charge on any atom is -0.351 e. The number of nitrogens with zero attached hydrogens (tertiary/aromatic N) is 6. The molecular weight excluding hydrogens is 318 g/mol. The Hall–Kier alpha value is -2.38. The lowest BCUT2D eigenvalue weighted by atomic mass is 10.2. The number of hydrogen-bond acceptors (Lipinski definition) is 5. The van der Waals surface area contributed by atoms with E-state index in [9.17, 15) is 4.79 Å². The van der Waals surface area contributed by atoms with E-state index in [4.69, 9.17) is 0 Å². The number of anilines is 1. The fourth-order valence-electron chi connectivity index (χ4n) is 3.25. The molecule has 25 heavy (non-hydrogen) atoms. The van der Waals surface area contributed by atoms with Crippen molar-refractivity contribution in [1.29, 1.82) is 0 Å². The molecule has 0 bridgehead atoms. The molecule has 2 aromatic heterocycles. The lowest BCUT2D eigenvalue weighted by molar-refractivity contribution is 0.194. The molecule has 1 fully saturated rings. The third-order valence-electron chi connectivity index (χ3n) is 4.62. The Kier molecular flexibility index (Phi) is 5.06. The highest BCUT2D eigenvalue weighted by Gasteiger charge is 2.25. The van der Waals surface area contributed by atoms with Crippen molar-refractivity contribution in [1.82, 2.24) is 30.0 Å². The van der Waals surface area contributed by atoms with E-state index in [2.05, 4.69) is 32.2 Å². The number of amides is 2. The molecule has 2 aromatic rings. The van der Waals surface area contributed by atoms with Crippen molar-refractivity contribution >= 4 is 22.9 Å². The third-order valence-corrected chi connectivity index (χ3v) is 4.62. The summed E-state index contributed by atoms with van der Waals surface area (Å²) in [7, 11) is 1.93. The van der Waals surface area contributed by atoms with Crippen LogP contribution in [-0.2, 0) is 7.05 Å². The number of rotatable bonds is 4. The van der Waals surface area contributed by atoms with E-state index < -0.39 is 0 Å². The molecule has 0 atom stereocenters. The van der Waals surface area contributed by atoms with Crippen LogP contribution in [0.15, 0.2) is 0 Å². The molecule has 0 spiro atoms. The van der Waals surface area contributed by atoms with Crippen LogP contribution in [-0.4, -0.2) is 63.4 Å². The van der Waals surface area contributed by atoms with Crippen LogP contribution in [0, 0.1) is 13.8 Å². The van der Waals surface area contributed by atoms with Crippen molar-refractivity contribution in [2.45, 2.75) is 33.6 Å². The van der Waals surface area contributed by atoms with Gasteiger partial charge in [-0.15, -0.1) is 0 Å². The molecule has 3 heterocycles. The summed E-state index contributed by atoms with van der Waals surface area (Å²) in [6.45, 7) is 9.65. The summed E-state index contributed by atoms with van der Waals surface area (Å²) in [5.74, 6) is 1.66. The smallest absolute Gasteiger partial charge is 0.317 e. The zero-order valence-electron chi connectivity index (χ0n) is 15.5. The molecule has 2 amide bonds. The first-order valence-corrected chi connectivity index (χ1v) is 8.97. The van der Waals surface area contributed by atoms with Crippen molar-refractivity contribution in [2.75, 3.05) is 37.6 Å². The Morgan fingerprint density at radius 1 is 1.16 bits per heavy atom. The first-order chi connectivity index (χ1) is 12.0. The van der Waals surface area contributed by atoms with Gasteiger partial charge in [-0.05, 0) is 20.3 Å². The molecule has 0 saturated carbocycles. The van der Waals surface area contributed by atoms with Crippen LogP contribution >= 0.6 is 0 Å². The number of piperazine rings is 1. The molecule has 8 heteroatoms. The molecule has 1 aliphatic rings. The van der Waals surface area contributed by atoms with Crippen molar-refractivity contribution in [3.05, 3.63) is 11.5 Å².